The van der Waals surface area contributed by atoms with Crippen LogP contribution in [0.2, 0.25) is 5.02 Å². The lowest BCUT2D eigenvalue weighted by Crippen LogP contribution is -2.38. The summed E-state index contributed by atoms with van der Waals surface area (Å²) in [6.07, 6.45) is 2.32. The van der Waals surface area contributed by atoms with Crippen LogP contribution in [0, 0.1) is 0 Å². The normalized spacial score (nSPS) is 25.0. The summed E-state index contributed by atoms with van der Waals surface area (Å²) >= 11 is 5.79. The fraction of sp³-hybridized carbons (Fsp3) is 0.500. The van der Waals surface area contributed by atoms with Crippen LogP contribution in [0.3, 0.4) is 0 Å². The van der Waals surface area contributed by atoms with Crippen molar-refractivity contribution in [2.75, 3.05) is 0 Å². The first-order valence-corrected chi connectivity index (χ1v) is 7.79. The summed E-state index contributed by atoms with van der Waals surface area (Å²) in [5.74, 6) is 0. The van der Waals surface area contributed by atoms with Gasteiger partial charge in [-0.15, -0.1) is 0 Å². The van der Waals surface area contributed by atoms with Crippen LogP contribution in [-0.4, -0.2) is 25.7 Å². The van der Waals surface area contributed by atoms with Gasteiger partial charge in [-0.3, -0.25) is 0 Å². The predicted octanol–water partition coefficient (Wildman–Crippen LogP) is 1.92. The molecule has 1 aromatic carbocycles. The van der Waals surface area contributed by atoms with Gasteiger partial charge >= 0.3 is 0 Å². The monoisotopic (exact) mass is 289 g/mol. The molecule has 0 aliphatic heterocycles. The number of halogens is 1. The van der Waals surface area contributed by atoms with Crippen LogP contribution in [0.5, 0.6) is 0 Å². The third-order valence-corrected chi connectivity index (χ3v) is 4.88. The Morgan fingerprint density at radius 1 is 1.22 bits per heavy atom. The molecule has 1 saturated carbocycles. The molecule has 0 atom stereocenters. The van der Waals surface area contributed by atoms with E-state index in [9.17, 15) is 13.5 Å². The fourth-order valence-electron chi connectivity index (χ4n) is 2.12. The first-order chi connectivity index (χ1) is 8.47. The van der Waals surface area contributed by atoms with E-state index in [1.165, 1.54) is 12.1 Å². The third-order valence-electron chi connectivity index (χ3n) is 3.12. The molecule has 0 radical (unpaired) electrons. The van der Waals surface area contributed by atoms with Crippen molar-refractivity contribution in [3.05, 3.63) is 29.3 Å². The number of hydrogen-bond acceptors (Lipinski definition) is 3. The van der Waals surface area contributed by atoms with Gasteiger partial charge in [0, 0.05) is 11.1 Å². The van der Waals surface area contributed by atoms with E-state index in [1.807, 2.05) is 0 Å². The maximum Gasteiger partial charge on any atom is 0.240 e. The maximum atomic E-state index is 12.1. The van der Waals surface area contributed by atoms with E-state index in [2.05, 4.69) is 4.72 Å². The summed E-state index contributed by atoms with van der Waals surface area (Å²) in [6, 6.07) is 6.10. The van der Waals surface area contributed by atoms with Gasteiger partial charge in [0.05, 0.1) is 11.0 Å². The van der Waals surface area contributed by atoms with Crippen molar-refractivity contribution in [3.8, 4) is 0 Å². The zero-order valence-corrected chi connectivity index (χ0v) is 11.4. The van der Waals surface area contributed by atoms with Crippen LogP contribution >= 0.6 is 11.6 Å². The Morgan fingerprint density at radius 2 is 1.89 bits per heavy atom. The molecular weight excluding hydrogens is 274 g/mol. The molecule has 0 bridgehead atoms. The number of rotatable bonds is 3. The Balaban J connectivity index is 2.08. The second-order valence-electron chi connectivity index (χ2n) is 4.58. The second kappa shape index (κ2) is 5.57. The summed E-state index contributed by atoms with van der Waals surface area (Å²) in [6.45, 7) is 0. The van der Waals surface area contributed by atoms with Crippen LogP contribution < -0.4 is 4.72 Å². The Kier molecular flexibility index (Phi) is 4.27. The summed E-state index contributed by atoms with van der Waals surface area (Å²) < 4.78 is 26.9. The van der Waals surface area contributed by atoms with Gasteiger partial charge in [0.1, 0.15) is 0 Å². The topological polar surface area (TPSA) is 66.4 Å². The zero-order valence-electron chi connectivity index (χ0n) is 9.84. The lowest BCUT2D eigenvalue weighted by molar-refractivity contribution is 0.120. The molecule has 1 aromatic rings. The van der Waals surface area contributed by atoms with E-state index in [1.54, 1.807) is 12.1 Å². The number of aliphatic hydroxyl groups is 1. The van der Waals surface area contributed by atoms with E-state index < -0.39 is 10.0 Å². The largest absolute Gasteiger partial charge is 0.393 e. The number of aliphatic hydroxyl groups excluding tert-OH is 1. The first-order valence-electron chi connectivity index (χ1n) is 5.93. The summed E-state index contributed by atoms with van der Waals surface area (Å²) in [5.41, 5.74) is 0. The van der Waals surface area contributed by atoms with Crippen molar-refractivity contribution in [1.29, 1.82) is 0 Å². The van der Waals surface area contributed by atoms with Crippen molar-refractivity contribution in [1.82, 2.24) is 4.72 Å². The van der Waals surface area contributed by atoms with E-state index in [4.69, 9.17) is 11.6 Å². The molecule has 1 aliphatic rings. The minimum absolute atomic E-state index is 0.0996. The van der Waals surface area contributed by atoms with Crippen molar-refractivity contribution in [2.24, 2.45) is 0 Å². The molecule has 18 heavy (non-hydrogen) atoms. The lowest BCUT2D eigenvalue weighted by Gasteiger charge is -2.25. The van der Waals surface area contributed by atoms with Crippen LogP contribution in [0.25, 0.3) is 0 Å². The van der Waals surface area contributed by atoms with E-state index in [-0.39, 0.29) is 17.0 Å². The quantitative estimate of drug-likeness (QED) is 0.893. The SMILES string of the molecule is O=S(=O)(NC1CCC(O)CC1)c1cccc(Cl)c1. The maximum absolute atomic E-state index is 12.1. The average Bonchev–Trinajstić information content (AvgIpc) is 2.32. The van der Waals surface area contributed by atoms with Crippen molar-refractivity contribution in [3.63, 3.8) is 0 Å². The molecule has 0 unspecified atom stereocenters. The van der Waals surface area contributed by atoms with Gasteiger partial charge in [0.15, 0.2) is 0 Å². The Bertz CT molecular complexity index is 510. The smallest absolute Gasteiger partial charge is 0.240 e. The minimum Gasteiger partial charge on any atom is -0.393 e. The summed E-state index contributed by atoms with van der Waals surface area (Å²) in [7, 11) is -3.52. The van der Waals surface area contributed by atoms with Crippen molar-refractivity contribution in [2.45, 2.75) is 42.7 Å². The average molecular weight is 290 g/mol. The molecule has 4 nitrogen and oxygen atoms in total. The minimum atomic E-state index is -3.52. The highest BCUT2D eigenvalue weighted by Gasteiger charge is 2.24. The van der Waals surface area contributed by atoms with Crippen LogP contribution in [0.1, 0.15) is 25.7 Å². The Labute approximate surface area is 112 Å². The Morgan fingerprint density at radius 3 is 2.50 bits per heavy atom. The standard InChI is InChI=1S/C12H16ClNO3S/c13-9-2-1-3-12(8-9)18(16,17)14-10-4-6-11(15)7-5-10/h1-3,8,10-11,14-15H,4-7H2. The molecule has 0 aromatic heterocycles. The molecule has 0 heterocycles. The Hall–Kier alpha value is -0.620. The molecule has 6 heteroatoms. The number of benzene rings is 1. The van der Waals surface area contributed by atoms with Gasteiger partial charge in [-0.05, 0) is 43.9 Å². The van der Waals surface area contributed by atoms with Crippen molar-refractivity contribution >= 4 is 21.6 Å². The number of nitrogens with one attached hydrogen (secondary N) is 1. The first kappa shape index (κ1) is 13.8. The van der Waals surface area contributed by atoms with Crippen LogP contribution in [0.4, 0.5) is 0 Å². The lowest BCUT2D eigenvalue weighted by atomic mass is 9.94. The van der Waals surface area contributed by atoms with Gasteiger partial charge < -0.3 is 5.11 Å². The zero-order chi connectivity index (χ0) is 13.2. The molecule has 0 spiro atoms. The van der Waals surface area contributed by atoms with Gasteiger partial charge in [-0.2, -0.15) is 0 Å². The number of sulfonamides is 1. The molecule has 2 N–H and O–H groups in total. The number of hydrogen-bond donors (Lipinski definition) is 2. The third kappa shape index (κ3) is 3.45. The molecule has 0 saturated heterocycles. The van der Waals surface area contributed by atoms with Crippen LogP contribution in [-0.2, 0) is 10.0 Å². The van der Waals surface area contributed by atoms with Gasteiger partial charge in [0.25, 0.3) is 0 Å². The predicted molar refractivity (Wildman–Crippen MR) is 70.0 cm³/mol. The molecule has 100 valence electrons. The van der Waals surface area contributed by atoms with Gasteiger partial charge in [0.2, 0.25) is 10.0 Å². The van der Waals surface area contributed by atoms with E-state index in [0.29, 0.717) is 30.7 Å². The molecule has 0 amide bonds. The summed E-state index contributed by atoms with van der Waals surface area (Å²) in [5, 5.41) is 9.78. The highest BCUT2D eigenvalue weighted by Crippen LogP contribution is 2.21. The van der Waals surface area contributed by atoms with Crippen molar-refractivity contribution < 1.29 is 13.5 Å². The second-order valence-corrected chi connectivity index (χ2v) is 6.73. The summed E-state index contributed by atoms with van der Waals surface area (Å²) in [4.78, 5) is 0.182. The molecular formula is C12H16ClNO3S. The van der Waals surface area contributed by atoms with Crippen LogP contribution in [0.15, 0.2) is 29.2 Å². The van der Waals surface area contributed by atoms with Gasteiger partial charge in [-0.1, -0.05) is 17.7 Å². The highest BCUT2D eigenvalue weighted by molar-refractivity contribution is 7.89. The van der Waals surface area contributed by atoms with E-state index >= 15 is 0 Å². The fourth-order valence-corrected chi connectivity index (χ4v) is 3.72. The molecule has 1 fully saturated rings. The molecule has 2 rings (SSSR count). The van der Waals surface area contributed by atoms with E-state index in [0.717, 1.165) is 0 Å². The van der Waals surface area contributed by atoms with Gasteiger partial charge in [-0.25, -0.2) is 13.1 Å². The highest BCUT2D eigenvalue weighted by atomic mass is 35.5. The molecule has 1 aliphatic carbocycles.